The molecule has 3 aromatic rings. The van der Waals surface area contributed by atoms with Gasteiger partial charge in [-0.3, -0.25) is 9.36 Å². The van der Waals surface area contributed by atoms with Gasteiger partial charge in [0.2, 0.25) is 0 Å². The first-order valence-electron chi connectivity index (χ1n) is 7.67. The number of rotatable bonds is 5. The van der Waals surface area contributed by atoms with Crippen molar-refractivity contribution in [3.8, 4) is 5.82 Å². The predicted molar refractivity (Wildman–Crippen MR) is 89.7 cm³/mol. The lowest BCUT2D eigenvalue weighted by molar-refractivity contribution is 0.0526. The molecule has 2 N–H and O–H groups in total. The zero-order valence-corrected chi connectivity index (χ0v) is 13.6. The fraction of sp³-hybridized carbons (Fsp3) is 0.167. The van der Waals surface area contributed by atoms with Crippen LogP contribution in [0.2, 0.25) is 0 Å². The van der Waals surface area contributed by atoms with Gasteiger partial charge < -0.3 is 10.4 Å². The number of nitrogens with zero attached hydrogens (tertiary/aromatic N) is 3. The lowest BCUT2D eigenvalue weighted by atomic mass is 9.96. The second-order valence-corrected chi connectivity index (χ2v) is 5.84. The molecule has 6 nitrogen and oxygen atoms in total. The highest BCUT2D eigenvalue weighted by Gasteiger charge is 2.24. The van der Waals surface area contributed by atoms with E-state index in [9.17, 15) is 14.3 Å². The van der Waals surface area contributed by atoms with Crippen LogP contribution < -0.4 is 5.32 Å². The Bertz CT molecular complexity index is 844. The maximum absolute atomic E-state index is 13.0. The van der Waals surface area contributed by atoms with Crippen molar-refractivity contribution in [3.05, 3.63) is 78.3 Å². The molecule has 0 fully saturated rings. The summed E-state index contributed by atoms with van der Waals surface area (Å²) in [4.78, 5) is 20.4. The third kappa shape index (κ3) is 3.89. The van der Waals surface area contributed by atoms with Crippen LogP contribution in [0.3, 0.4) is 0 Å². The molecule has 2 aromatic heterocycles. The van der Waals surface area contributed by atoms with E-state index in [0.29, 0.717) is 16.9 Å². The number of carbonyl (C=O) groups is 1. The highest BCUT2D eigenvalue weighted by molar-refractivity contribution is 5.94. The second-order valence-electron chi connectivity index (χ2n) is 5.84. The number of halogens is 1. The van der Waals surface area contributed by atoms with Crippen molar-refractivity contribution < 1.29 is 14.3 Å². The van der Waals surface area contributed by atoms with Crippen LogP contribution >= 0.6 is 0 Å². The number of hydrogen-bond acceptors (Lipinski definition) is 4. The molecule has 0 aliphatic rings. The molecule has 0 bridgehead atoms. The Morgan fingerprint density at radius 1 is 1.28 bits per heavy atom. The molecule has 25 heavy (non-hydrogen) atoms. The van der Waals surface area contributed by atoms with E-state index in [-0.39, 0.29) is 18.3 Å². The van der Waals surface area contributed by atoms with Crippen LogP contribution in [0.4, 0.5) is 4.39 Å². The normalized spacial score (nSPS) is 13.2. The van der Waals surface area contributed by atoms with Gasteiger partial charge in [0.05, 0.1) is 12.1 Å². The fourth-order valence-electron chi connectivity index (χ4n) is 2.33. The SMILES string of the molecule is CC(O)(CNC(=O)c1ccc(-n2ccnc2)nc1)c1ccc(F)cc1. The second kappa shape index (κ2) is 6.82. The molecule has 0 saturated heterocycles. The van der Waals surface area contributed by atoms with Crippen molar-refractivity contribution >= 4 is 5.91 Å². The van der Waals surface area contributed by atoms with Gasteiger partial charge in [0.15, 0.2) is 0 Å². The van der Waals surface area contributed by atoms with E-state index in [4.69, 9.17) is 0 Å². The molecule has 0 radical (unpaired) electrons. The van der Waals surface area contributed by atoms with Gasteiger partial charge in [-0.1, -0.05) is 12.1 Å². The average Bonchev–Trinajstić information content (AvgIpc) is 3.15. The largest absolute Gasteiger partial charge is 0.384 e. The number of pyridine rings is 1. The number of hydrogen-bond donors (Lipinski definition) is 2. The van der Waals surface area contributed by atoms with E-state index < -0.39 is 5.60 Å². The van der Waals surface area contributed by atoms with E-state index in [2.05, 4.69) is 15.3 Å². The van der Waals surface area contributed by atoms with Crippen LogP contribution in [0.1, 0.15) is 22.8 Å². The summed E-state index contributed by atoms with van der Waals surface area (Å²) >= 11 is 0. The molecule has 0 spiro atoms. The Morgan fingerprint density at radius 2 is 2.04 bits per heavy atom. The summed E-state index contributed by atoms with van der Waals surface area (Å²) in [6.07, 6.45) is 6.46. The van der Waals surface area contributed by atoms with Gasteiger partial charge >= 0.3 is 0 Å². The summed E-state index contributed by atoms with van der Waals surface area (Å²) in [7, 11) is 0. The number of benzene rings is 1. The van der Waals surface area contributed by atoms with E-state index in [1.165, 1.54) is 30.5 Å². The Labute approximate surface area is 144 Å². The van der Waals surface area contributed by atoms with Crippen LogP contribution in [-0.2, 0) is 5.60 Å². The molecular formula is C18H17FN4O2. The minimum Gasteiger partial charge on any atom is -0.384 e. The Hall–Kier alpha value is -3.06. The number of aromatic nitrogens is 3. The molecule has 3 rings (SSSR count). The molecule has 7 heteroatoms. The zero-order valence-electron chi connectivity index (χ0n) is 13.6. The van der Waals surface area contributed by atoms with Crippen LogP contribution in [0.15, 0.2) is 61.3 Å². The van der Waals surface area contributed by atoms with Crippen molar-refractivity contribution in [2.24, 2.45) is 0 Å². The third-order valence-corrected chi connectivity index (χ3v) is 3.84. The van der Waals surface area contributed by atoms with E-state index in [1.807, 2.05) is 0 Å². The quantitative estimate of drug-likeness (QED) is 0.745. The minimum absolute atomic E-state index is 0.0132. The zero-order chi connectivity index (χ0) is 17.9. The molecule has 128 valence electrons. The van der Waals surface area contributed by atoms with Gasteiger partial charge in [-0.2, -0.15) is 0 Å². The molecule has 1 amide bonds. The van der Waals surface area contributed by atoms with Crippen molar-refractivity contribution in [2.45, 2.75) is 12.5 Å². The molecule has 0 aliphatic heterocycles. The fourth-order valence-corrected chi connectivity index (χ4v) is 2.33. The Kier molecular flexibility index (Phi) is 4.58. The summed E-state index contributed by atoms with van der Waals surface area (Å²) in [5.41, 5.74) is -0.422. The van der Waals surface area contributed by atoms with Gasteiger partial charge in [0, 0.05) is 18.6 Å². The first-order chi connectivity index (χ1) is 12.0. The molecule has 1 aromatic carbocycles. The lowest BCUT2D eigenvalue weighted by Crippen LogP contribution is -2.38. The van der Waals surface area contributed by atoms with Crippen LogP contribution in [0.25, 0.3) is 5.82 Å². The molecular weight excluding hydrogens is 323 g/mol. The van der Waals surface area contributed by atoms with Crippen LogP contribution in [-0.4, -0.2) is 32.1 Å². The number of nitrogens with one attached hydrogen (secondary N) is 1. The summed E-state index contributed by atoms with van der Waals surface area (Å²) in [5, 5.41) is 13.1. The first kappa shape index (κ1) is 16.8. The van der Waals surface area contributed by atoms with E-state index in [1.54, 1.807) is 42.3 Å². The van der Waals surface area contributed by atoms with Gasteiger partial charge in [0.1, 0.15) is 23.6 Å². The van der Waals surface area contributed by atoms with Crippen molar-refractivity contribution in [3.63, 3.8) is 0 Å². The molecule has 1 unspecified atom stereocenters. The standard InChI is InChI=1S/C18H17FN4O2/c1-18(25,14-3-5-15(19)6-4-14)11-22-17(24)13-2-7-16(21-10-13)23-9-8-20-12-23/h2-10,12,25H,11H2,1H3,(H,22,24). The highest BCUT2D eigenvalue weighted by atomic mass is 19.1. The lowest BCUT2D eigenvalue weighted by Gasteiger charge is -2.24. The van der Waals surface area contributed by atoms with Crippen molar-refractivity contribution in [1.29, 1.82) is 0 Å². The summed E-state index contributed by atoms with van der Waals surface area (Å²) in [5.74, 6) is -0.0907. The van der Waals surface area contributed by atoms with Crippen LogP contribution in [0.5, 0.6) is 0 Å². The Morgan fingerprint density at radius 3 is 2.64 bits per heavy atom. The number of amides is 1. The maximum Gasteiger partial charge on any atom is 0.252 e. The molecule has 0 aliphatic carbocycles. The molecule has 1 atom stereocenters. The van der Waals surface area contributed by atoms with Gasteiger partial charge in [-0.15, -0.1) is 0 Å². The summed E-state index contributed by atoms with van der Waals surface area (Å²) in [6, 6.07) is 8.86. The van der Waals surface area contributed by atoms with Gasteiger partial charge in [-0.25, -0.2) is 14.4 Å². The average molecular weight is 340 g/mol. The van der Waals surface area contributed by atoms with Gasteiger partial charge in [0.25, 0.3) is 5.91 Å². The van der Waals surface area contributed by atoms with Gasteiger partial charge in [-0.05, 0) is 36.8 Å². The predicted octanol–water partition coefficient (Wildman–Crippen LogP) is 2.04. The third-order valence-electron chi connectivity index (χ3n) is 3.84. The highest BCUT2D eigenvalue weighted by Crippen LogP contribution is 2.20. The summed E-state index contributed by atoms with van der Waals surface area (Å²) < 4.78 is 14.7. The number of imidazole rings is 1. The smallest absolute Gasteiger partial charge is 0.252 e. The topological polar surface area (TPSA) is 80.0 Å². The first-order valence-corrected chi connectivity index (χ1v) is 7.67. The van der Waals surface area contributed by atoms with Crippen molar-refractivity contribution in [2.75, 3.05) is 6.54 Å². The van der Waals surface area contributed by atoms with E-state index in [0.717, 1.165) is 0 Å². The monoisotopic (exact) mass is 340 g/mol. The number of aliphatic hydroxyl groups is 1. The number of carbonyl (C=O) groups excluding carboxylic acids is 1. The van der Waals surface area contributed by atoms with E-state index >= 15 is 0 Å². The minimum atomic E-state index is -1.31. The molecule has 2 heterocycles. The van der Waals surface area contributed by atoms with Crippen molar-refractivity contribution in [1.82, 2.24) is 19.9 Å². The Balaban J connectivity index is 1.65. The maximum atomic E-state index is 13.0. The molecule has 0 saturated carbocycles. The summed E-state index contributed by atoms with van der Waals surface area (Å²) in [6.45, 7) is 1.54. The van der Waals surface area contributed by atoms with Crippen LogP contribution in [0, 0.1) is 5.82 Å².